The minimum absolute atomic E-state index is 0.0166. The molecule has 1 saturated heterocycles. The zero-order valence-electron chi connectivity index (χ0n) is 9.12. The Hall–Kier alpha value is -0.0700. The summed E-state index contributed by atoms with van der Waals surface area (Å²) in [5, 5.41) is 6.04. The summed E-state index contributed by atoms with van der Waals surface area (Å²) in [6, 6.07) is -0.103. The minimum atomic E-state index is -0.857. The highest BCUT2D eigenvalue weighted by atomic mass is 32.2. The number of rotatable bonds is 4. The Morgan fingerprint density at radius 2 is 2.47 bits per heavy atom. The van der Waals surface area contributed by atoms with Crippen LogP contribution >= 0.6 is 11.8 Å². The zero-order chi connectivity index (χ0) is 11.3. The van der Waals surface area contributed by atoms with Crippen molar-refractivity contribution < 1.29 is 9.00 Å². The first-order chi connectivity index (χ1) is 7.09. The van der Waals surface area contributed by atoms with Crippen LogP contribution in [0.25, 0.3) is 0 Å². The van der Waals surface area contributed by atoms with Crippen LogP contribution in [0, 0.1) is 0 Å². The fourth-order valence-electron chi connectivity index (χ4n) is 1.47. The predicted molar refractivity (Wildman–Crippen MR) is 65.7 cm³/mol. The normalized spacial score (nSPS) is 25.6. The Labute approximate surface area is 97.4 Å². The van der Waals surface area contributed by atoms with Gasteiger partial charge in [-0.1, -0.05) is 0 Å². The van der Waals surface area contributed by atoms with Gasteiger partial charge in [0.1, 0.15) is 0 Å². The van der Waals surface area contributed by atoms with Gasteiger partial charge in [0.15, 0.2) is 0 Å². The van der Waals surface area contributed by atoms with E-state index in [9.17, 15) is 9.00 Å². The first-order valence-corrected chi connectivity index (χ1v) is 7.89. The van der Waals surface area contributed by atoms with Crippen LogP contribution in [0.1, 0.15) is 6.92 Å². The summed E-state index contributed by atoms with van der Waals surface area (Å²) in [7, 11) is -0.857. The van der Waals surface area contributed by atoms with Gasteiger partial charge in [0.05, 0.1) is 6.04 Å². The van der Waals surface area contributed by atoms with Crippen LogP contribution in [0.5, 0.6) is 0 Å². The van der Waals surface area contributed by atoms with Crippen molar-refractivity contribution in [3.8, 4) is 0 Å². The fraction of sp³-hybridized carbons (Fsp3) is 0.889. The Morgan fingerprint density at radius 3 is 3.00 bits per heavy atom. The standard InChI is InChI=1S/C9H18N2O2S2/c1-7(6-15(2)13)11-9(12)8-5-14-4-3-10-8/h7-8,10H,3-6H2,1-2H3,(H,11,12). The van der Waals surface area contributed by atoms with E-state index >= 15 is 0 Å². The molecule has 4 nitrogen and oxygen atoms in total. The molecular formula is C9H18N2O2S2. The van der Waals surface area contributed by atoms with Gasteiger partial charge in [-0.05, 0) is 6.92 Å². The second-order valence-corrected chi connectivity index (χ2v) is 6.36. The molecule has 1 amide bonds. The summed E-state index contributed by atoms with van der Waals surface area (Å²) in [5.74, 6) is 2.44. The van der Waals surface area contributed by atoms with Gasteiger partial charge < -0.3 is 10.6 Å². The van der Waals surface area contributed by atoms with Crippen molar-refractivity contribution in [2.75, 3.05) is 30.1 Å². The monoisotopic (exact) mass is 250 g/mol. The molecule has 0 aromatic carbocycles. The van der Waals surface area contributed by atoms with Crippen molar-refractivity contribution in [1.29, 1.82) is 0 Å². The molecule has 0 radical (unpaired) electrons. The van der Waals surface area contributed by atoms with Crippen LogP contribution in [-0.2, 0) is 15.6 Å². The minimum Gasteiger partial charge on any atom is -0.351 e. The molecule has 1 aliphatic rings. The van der Waals surface area contributed by atoms with Gasteiger partial charge in [-0.2, -0.15) is 11.8 Å². The number of carbonyl (C=O) groups is 1. The van der Waals surface area contributed by atoms with Gasteiger partial charge in [-0.15, -0.1) is 0 Å². The summed E-state index contributed by atoms with van der Waals surface area (Å²) in [6.07, 6.45) is 1.65. The summed E-state index contributed by atoms with van der Waals surface area (Å²) in [6.45, 7) is 2.77. The molecule has 6 heteroatoms. The molecule has 15 heavy (non-hydrogen) atoms. The van der Waals surface area contributed by atoms with E-state index in [1.54, 1.807) is 18.0 Å². The first kappa shape index (κ1) is 13.0. The van der Waals surface area contributed by atoms with E-state index in [0.717, 1.165) is 18.1 Å². The first-order valence-electron chi connectivity index (χ1n) is 5.01. The molecule has 0 bridgehead atoms. The van der Waals surface area contributed by atoms with E-state index in [4.69, 9.17) is 0 Å². The highest BCUT2D eigenvalue weighted by molar-refractivity contribution is 7.99. The lowest BCUT2D eigenvalue weighted by Crippen LogP contribution is -2.51. The molecule has 0 saturated carbocycles. The summed E-state index contributed by atoms with van der Waals surface area (Å²) < 4.78 is 11.0. The average Bonchev–Trinajstić information content (AvgIpc) is 2.17. The SMILES string of the molecule is CC(CS(C)=O)NC(=O)C1CSCCN1. The zero-order valence-corrected chi connectivity index (χ0v) is 10.7. The van der Waals surface area contributed by atoms with Gasteiger partial charge in [0.25, 0.3) is 0 Å². The predicted octanol–water partition coefficient (Wildman–Crippen LogP) is -0.425. The maximum absolute atomic E-state index is 11.7. The van der Waals surface area contributed by atoms with Crippen LogP contribution in [0.15, 0.2) is 0 Å². The number of carbonyl (C=O) groups excluding carboxylic acids is 1. The maximum Gasteiger partial charge on any atom is 0.238 e. The van der Waals surface area contributed by atoms with Gasteiger partial charge in [0, 0.05) is 46.9 Å². The van der Waals surface area contributed by atoms with Crippen molar-refractivity contribution in [2.24, 2.45) is 0 Å². The van der Waals surface area contributed by atoms with Crippen molar-refractivity contribution in [3.63, 3.8) is 0 Å². The van der Waals surface area contributed by atoms with Gasteiger partial charge in [-0.25, -0.2) is 0 Å². The highest BCUT2D eigenvalue weighted by Gasteiger charge is 2.21. The van der Waals surface area contributed by atoms with E-state index in [0.29, 0.717) is 5.75 Å². The number of thioether (sulfide) groups is 1. The van der Waals surface area contributed by atoms with Crippen molar-refractivity contribution in [1.82, 2.24) is 10.6 Å². The topological polar surface area (TPSA) is 58.2 Å². The number of amides is 1. The third kappa shape index (κ3) is 4.99. The van der Waals surface area contributed by atoms with Crippen molar-refractivity contribution >= 4 is 28.5 Å². The Kier molecular flexibility index (Phi) is 5.63. The van der Waals surface area contributed by atoms with Gasteiger partial charge in [0.2, 0.25) is 5.91 Å². The number of hydrogen-bond donors (Lipinski definition) is 2. The molecule has 1 fully saturated rings. The molecule has 2 N–H and O–H groups in total. The molecule has 3 atom stereocenters. The quantitative estimate of drug-likeness (QED) is 0.711. The van der Waals surface area contributed by atoms with Crippen LogP contribution < -0.4 is 10.6 Å². The van der Waals surface area contributed by atoms with E-state index < -0.39 is 10.8 Å². The lowest BCUT2D eigenvalue weighted by Gasteiger charge is -2.24. The molecule has 1 aliphatic heterocycles. The second-order valence-electron chi connectivity index (χ2n) is 3.73. The smallest absolute Gasteiger partial charge is 0.238 e. The number of nitrogens with one attached hydrogen (secondary N) is 2. The maximum atomic E-state index is 11.7. The lowest BCUT2D eigenvalue weighted by molar-refractivity contribution is -0.123. The Morgan fingerprint density at radius 1 is 1.73 bits per heavy atom. The molecule has 0 spiro atoms. The van der Waals surface area contributed by atoms with Gasteiger partial charge in [-0.3, -0.25) is 9.00 Å². The summed E-state index contributed by atoms with van der Waals surface area (Å²) >= 11 is 1.79. The van der Waals surface area contributed by atoms with Crippen LogP contribution in [0.4, 0.5) is 0 Å². The Bertz CT molecular complexity index is 242. The largest absolute Gasteiger partial charge is 0.351 e. The third-order valence-electron chi connectivity index (χ3n) is 2.11. The fourth-order valence-corrected chi connectivity index (χ4v) is 3.19. The van der Waals surface area contributed by atoms with E-state index in [-0.39, 0.29) is 18.0 Å². The highest BCUT2D eigenvalue weighted by Crippen LogP contribution is 2.07. The summed E-state index contributed by atoms with van der Waals surface area (Å²) in [4.78, 5) is 11.7. The second kappa shape index (κ2) is 6.50. The molecule has 3 unspecified atom stereocenters. The molecule has 0 aliphatic carbocycles. The molecule has 0 aromatic rings. The van der Waals surface area contributed by atoms with Crippen LogP contribution in [0.2, 0.25) is 0 Å². The van der Waals surface area contributed by atoms with Crippen molar-refractivity contribution in [2.45, 2.75) is 19.0 Å². The molecule has 1 rings (SSSR count). The molecule has 0 aromatic heterocycles. The van der Waals surface area contributed by atoms with E-state index in [2.05, 4.69) is 10.6 Å². The lowest BCUT2D eigenvalue weighted by atomic mass is 10.2. The van der Waals surface area contributed by atoms with E-state index in [1.165, 1.54) is 0 Å². The van der Waals surface area contributed by atoms with Crippen LogP contribution in [0.3, 0.4) is 0 Å². The Balaban J connectivity index is 2.30. The van der Waals surface area contributed by atoms with Crippen LogP contribution in [-0.4, -0.2) is 52.3 Å². The molecular weight excluding hydrogens is 232 g/mol. The molecule has 88 valence electrons. The van der Waals surface area contributed by atoms with E-state index in [1.807, 2.05) is 6.92 Å². The summed E-state index contributed by atoms with van der Waals surface area (Å²) in [5.41, 5.74) is 0. The van der Waals surface area contributed by atoms with Gasteiger partial charge >= 0.3 is 0 Å². The average molecular weight is 250 g/mol. The number of hydrogen-bond acceptors (Lipinski definition) is 4. The third-order valence-corrected chi connectivity index (χ3v) is 4.14. The van der Waals surface area contributed by atoms with Crippen molar-refractivity contribution in [3.05, 3.63) is 0 Å². The molecule has 1 heterocycles.